The fourth-order valence-corrected chi connectivity index (χ4v) is 4.92. The third-order valence-electron chi connectivity index (χ3n) is 5.97. The molecule has 0 aliphatic rings. The highest BCUT2D eigenvalue weighted by Crippen LogP contribution is 2.33. The van der Waals surface area contributed by atoms with Gasteiger partial charge in [-0.05, 0) is 54.6 Å². The van der Waals surface area contributed by atoms with Gasteiger partial charge in [-0.3, -0.25) is 9.78 Å². The average Bonchev–Trinajstić information content (AvgIpc) is 3.40. The summed E-state index contributed by atoms with van der Waals surface area (Å²) in [6, 6.07) is 18.6. The molecule has 4 rings (SSSR count). The highest BCUT2D eigenvalue weighted by molar-refractivity contribution is 7.99. The van der Waals surface area contributed by atoms with Crippen molar-refractivity contribution in [2.75, 3.05) is 59.9 Å². The fraction of sp³-hybridized carbons (Fsp3) is 0.290. The number of hydrogen-bond donors (Lipinski definition) is 2. The number of benzene rings is 2. The van der Waals surface area contributed by atoms with Crippen molar-refractivity contribution < 1.29 is 33.6 Å². The van der Waals surface area contributed by atoms with Crippen LogP contribution in [0.15, 0.2) is 76.7 Å². The number of halogens is 1. The molecule has 0 aliphatic heterocycles. The van der Waals surface area contributed by atoms with Crippen LogP contribution in [-0.4, -0.2) is 91.8 Å². The van der Waals surface area contributed by atoms with Crippen molar-refractivity contribution >= 4 is 59.2 Å². The second-order valence-corrected chi connectivity index (χ2v) is 10.0. The van der Waals surface area contributed by atoms with Gasteiger partial charge in [-0.1, -0.05) is 30.0 Å². The Morgan fingerprint density at radius 3 is 2.32 bits per heavy atom. The Morgan fingerprint density at radius 1 is 0.909 bits per heavy atom. The van der Waals surface area contributed by atoms with Gasteiger partial charge in [0.25, 0.3) is 5.91 Å². The van der Waals surface area contributed by atoms with Gasteiger partial charge in [0.2, 0.25) is 0 Å². The van der Waals surface area contributed by atoms with Gasteiger partial charge in [-0.15, -0.1) is 12.4 Å². The van der Waals surface area contributed by atoms with Crippen molar-refractivity contribution in [3.05, 3.63) is 83.8 Å². The highest BCUT2D eigenvalue weighted by atomic mass is 35.5. The Morgan fingerprint density at radius 2 is 1.61 bits per heavy atom. The predicted molar refractivity (Wildman–Crippen MR) is 170 cm³/mol. The zero-order valence-corrected chi connectivity index (χ0v) is 25.9. The smallest absolute Gasteiger partial charge is 0.435 e. The van der Waals surface area contributed by atoms with Gasteiger partial charge in [0.1, 0.15) is 6.61 Å². The summed E-state index contributed by atoms with van der Waals surface area (Å²) in [5, 5.41) is 16.6. The molecule has 2 aromatic heterocycles. The minimum Gasteiger partial charge on any atom is -0.445 e. The first-order chi connectivity index (χ1) is 21.1. The van der Waals surface area contributed by atoms with Crippen LogP contribution in [0, 0.1) is 0 Å². The number of carbonyl (C=O) groups excluding carboxylic acids is 2. The first-order valence-corrected chi connectivity index (χ1v) is 14.5. The maximum atomic E-state index is 13.1. The summed E-state index contributed by atoms with van der Waals surface area (Å²) >= 11 is 1.42. The van der Waals surface area contributed by atoms with Gasteiger partial charge in [-0.25, -0.2) is 4.79 Å². The van der Waals surface area contributed by atoms with E-state index in [1.807, 2.05) is 60.7 Å². The van der Waals surface area contributed by atoms with Crippen LogP contribution >= 0.6 is 24.2 Å². The number of nitrogens with zero attached hydrogens (tertiary/aromatic N) is 3. The molecule has 0 saturated heterocycles. The molecule has 0 unspecified atom stereocenters. The number of aliphatic hydroxyl groups is 1. The van der Waals surface area contributed by atoms with E-state index in [2.05, 4.69) is 15.4 Å². The number of rotatable bonds is 16. The number of aliphatic hydroxyl groups excluding tert-OH is 1. The summed E-state index contributed by atoms with van der Waals surface area (Å²) in [5.74, 6) is -0.180. The monoisotopic (exact) mass is 642 g/mol. The molecule has 0 bridgehead atoms. The van der Waals surface area contributed by atoms with E-state index in [0.717, 1.165) is 20.9 Å². The summed E-state index contributed by atoms with van der Waals surface area (Å²) in [4.78, 5) is 31.4. The Hall–Kier alpha value is -3.78. The molecule has 2 aromatic carbocycles. The van der Waals surface area contributed by atoms with E-state index in [4.69, 9.17) is 24.1 Å². The summed E-state index contributed by atoms with van der Waals surface area (Å²) < 4.78 is 22.7. The van der Waals surface area contributed by atoms with Crippen molar-refractivity contribution in [2.24, 2.45) is 0 Å². The van der Waals surface area contributed by atoms with Gasteiger partial charge in [0, 0.05) is 28.4 Å². The summed E-state index contributed by atoms with van der Waals surface area (Å²) in [6.07, 6.45) is 4.70. The molecule has 1 amide bonds. The fourth-order valence-electron chi connectivity index (χ4n) is 3.94. The van der Waals surface area contributed by atoms with E-state index in [9.17, 15) is 9.59 Å². The molecular weight excluding hydrogens is 608 g/mol. The Balaban J connectivity index is 0.00000529. The Labute approximate surface area is 266 Å². The van der Waals surface area contributed by atoms with Gasteiger partial charge >= 0.3 is 6.09 Å². The van der Waals surface area contributed by atoms with E-state index < -0.39 is 6.09 Å². The number of carbonyl (C=O) groups is 2. The summed E-state index contributed by atoms with van der Waals surface area (Å²) in [7, 11) is 1.59. The minimum atomic E-state index is -0.642. The normalized spacial score (nSPS) is 11.0. The molecule has 0 spiro atoms. The lowest BCUT2D eigenvalue weighted by Gasteiger charge is -2.09. The Bertz CT molecular complexity index is 1520. The lowest BCUT2D eigenvalue weighted by atomic mass is 10.2. The molecule has 234 valence electrons. The zero-order chi connectivity index (χ0) is 30.3. The molecule has 0 aliphatic carbocycles. The first kappa shape index (κ1) is 34.7. The molecule has 4 aromatic rings. The number of hydrogen-bond acceptors (Lipinski definition) is 10. The van der Waals surface area contributed by atoms with Crippen LogP contribution in [0.5, 0.6) is 0 Å². The van der Waals surface area contributed by atoms with E-state index in [1.54, 1.807) is 25.4 Å². The van der Waals surface area contributed by atoms with Crippen molar-refractivity contribution in [1.82, 2.24) is 20.1 Å². The van der Waals surface area contributed by atoms with Gasteiger partial charge < -0.3 is 29.4 Å². The maximum absolute atomic E-state index is 13.1. The average molecular weight is 643 g/mol. The predicted octanol–water partition coefficient (Wildman–Crippen LogP) is 4.56. The third-order valence-corrected chi connectivity index (χ3v) is 7.04. The van der Waals surface area contributed by atoms with Crippen molar-refractivity contribution in [1.29, 1.82) is 0 Å². The second kappa shape index (κ2) is 18.8. The highest BCUT2D eigenvalue weighted by Gasteiger charge is 2.18. The lowest BCUT2D eigenvalue weighted by Crippen LogP contribution is -2.19. The van der Waals surface area contributed by atoms with Gasteiger partial charge in [0.15, 0.2) is 0 Å². The molecule has 44 heavy (non-hydrogen) atoms. The quantitative estimate of drug-likeness (QED) is 0.168. The SMILES string of the molecule is CNC(=O)c1ccccc1Sc1ccc2c(/C=C/c3ccccn3)nn(C(=O)OCCOCCOCCOCCO)c2c1.Cl. The van der Waals surface area contributed by atoms with Gasteiger partial charge in [0.05, 0.1) is 68.7 Å². The molecule has 0 atom stereocenters. The third kappa shape index (κ3) is 10.2. The molecule has 0 saturated carbocycles. The molecular formula is C31H35ClN4O7S. The molecule has 2 heterocycles. The Kier molecular flexibility index (Phi) is 14.8. The lowest BCUT2D eigenvalue weighted by molar-refractivity contribution is 0.000726. The number of fused-ring (bicyclic) bond motifs is 1. The number of pyridine rings is 1. The molecule has 0 fully saturated rings. The molecule has 2 N–H and O–H groups in total. The summed E-state index contributed by atoms with van der Waals surface area (Å²) in [6.45, 7) is 2.00. The topological polar surface area (TPSA) is 134 Å². The van der Waals surface area contributed by atoms with Crippen LogP contribution < -0.4 is 5.32 Å². The molecule has 13 heteroatoms. The van der Waals surface area contributed by atoms with E-state index in [0.29, 0.717) is 43.2 Å². The minimum absolute atomic E-state index is 0. The van der Waals surface area contributed by atoms with Crippen LogP contribution in [0.3, 0.4) is 0 Å². The standard InChI is InChI=1S/C31H34N4O7S.ClH/c1-32-30(37)26-7-2-3-8-29(26)43-24-10-11-25-27(12-9-23-6-4-5-13-33-23)34-35(28(25)22-24)31(38)42-21-20-41-19-18-40-17-16-39-15-14-36;/h2-13,22,36H,14-21H2,1H3,(H,32,37);1H/b12-9+;. The van der Waals surface area contributed by atoms with Crippen LogP contribution in [0.4, 0.5) is 4.79 Å². The van der Waals surface area contributed by atoms with E-state index >= 15 is 0 Å². The van der Waals surface area contributed by atoms with Gasteiger partial charge in [-0.2, -0.15) is 9.78 Å². The van der Waals surface area contributed by atoms with Crippen molar-refractivity contribution in [2.45, 2.75) is 9.79 Å². The zero-order valence-electron chi connectivity index (χ0n) is 24.2. The maximum Gasteiger partial charge on any atom is 0.435 e. The number of nitrogens with one attached hydrogen (secondary N) is 1. The molecule has 11 nitrogen and oxygen atoms in total. The van der Waals surface area contributed by atoms with Crippen LogP contribution in [0.2, 0.25) is 0 Å². The number of ether oxygens (including phenoxy) is 4. The molecule has 0 radical (unpaired) electrons. The van der Waals surface area contributed by atoms with Crippen LogP contribution in [-0.2, 0) is 18.9 Å². The van der Waals surface area contributed by atoms with E-state index in [1.165, 1.54) is 16.4 Å². The van der Waals surface area contributed by atoms with Crippen LogP contribution in [0.25, 0.3) is 23.1 Å². The largest absolute Gasteiger partial charge is 0.445 e. The number of aromatic nitrogens is 3. The van der Waals surface area contributed by atoms with Crippen molar-refractivity contribution in [3.63, 3.8) is 0 Å². The summed E-state index contributed by atoms with van der Waals surface area (Å²) in [5.41, 5.74) is 2.45. The van der Waals surface area contributed by atoms with Crippen LogP contribution in [0.1, 0.15) is 21.7 Å². The van der Waals surface area contributed by atoms with E-state index in [-0.39, 0.29) is 44.7 Å². The van der Waals surface area contributed by atoms with Crippen molar-refractivity contribution in [3.8, 4) is 0 Å². The number of amides is 1. The first-order valence-electron chi connectivity index (χ1n) is 13.7. The second-order valence-electron chi connectivity index (χ2n) is 8.92.